The lowest BCUT2D eigenvalue weighted by atomic mass is 9.82. The van der Waals surface area contributed by atoms with E-state index in [9.17, 15) is 0 Å². The fourth-order valence-electron chi connectivity index (χ4n) is 8.47. The number of para-hydroxylation sites is 1. The molecule has 5 nitrogen and oxygen atoms in total. The first-order valence-corrected chi connectivity index (χ1v) is 18.3. The van der Waals surface area contributed by atoms with E-state index in [1.54, 1.807) is 0 Å². The normalized spacial score (nSPS) is 13.1. The van der Waals surface area contributed by atoms with Crippen molar-refractivity contribution in [2.24, 2.45) is 0 Å². The Bertz CT molecular complexity index is 3130. The Balaban J connectivity index is 1.15. The van der Waals surface area contributed by atoms with Gasteiger partial charge >= 0.3 is 0 Å². The second-order valence-electron chi connectivity index (χ2n) is 14.6. The number of hydrogen-bond donors (Lipinski definition) is 0. The van der Waals surface area contributed by atoms with E-state index in [1.807, 2.05) is 48.5 Å². The number of furan rings is 1. The average Bonchev–Trinajstić information content (AvgIpc) is 3.72. The van der Waals surface area contributed by atoms with Crippen LogP contribution in [0.1, 0.15) is 25.0 Å². The Kier molecular flexibility index (Phi) is 6.53. The topological polar surface area (TPSA) is 64.7 Å². The molecule has 0 saturated carbocycles. The van der Waals surface area contributed by atoms with Crippen molar-refractivity contribution in [1.82, 2.24) is 19.9 Å². The zero-order valence-electron chi connectivity index (χ0n) is 29.7. The van der Waals surface area contributed by atoms with Crippen LogP contribution in [-0.2, 0) is 5.41 Å². The van der Waals surface area contributed by atoms with Gasteiger partial charge in [-0.2, -0.15) is 0 Å². The Morgan fingerprint density at radius 2 is 1.02 bits per heavy atom. The third-order valence-corrected chi connectivity index (χ3v) is 11.1. The van der Waals surface area contributed by atoms with E-state index in [0.717, 1.165) is 71.6 Å². The Hall–Kier alpha value is -6.98. The Morgan fingerprint density at radius 3 is 1.81 bits per heavy atom. The zero-order chi connectivity index (χ0) is 36.0. The molecule has 0 aliphatic heterocycles. The number of pyridine rings is 1. The fourth-order valence-corrected chi connectivity index (χ4v) is 8.47. The molecule has 11 rings (SSSR count). The summed E-state index contributed by atoms with van der Waals surface area (Å²) in [6.07, 6.45) is 0. The summed E-state index contributed by atoms with van der Waals surface area (Å²) in [7, 11) is 0. The van der Waals surface area contributed by atoms with Crippen LogP contribution >= 0.6 is 0 Å². The summed E-state index contributed by atoms with van der Waals surface area (Å²) >= 11 is 0. The molecule has 0 N–H and O–H groups in total. The first kappa shape index (κ1) is 30.6. The lowest BCUT2D eigenvalue weighted by Crippen LogP contribution is -2.14. The third-order valence-electron chi connectivity index (χ3n) is 11.1. The van der Waals surface area contributed by atoms with Gasteiger partial charge in [0.1, 0.15) is 11.2 Å². The standard InChI is InChI=1S/C49H32N4O/c1-49(2)38-19-11-9-17-33(38)36-27-31(21-24-39(36)49)47-51-46(30-15-7-4-8-16-30)52-48(53-47)32-22-25-41-37(28-32)44-42(54-41)26-23-35-43(44)34-18-10-12-20-40(34)50-45(35)29-13-5-3-6-14-29/h3-28H,1-2H3. The number of rotatable bonds is 4. The molecule has 0 fully saturated rings. The highest BCUT2D eigenvalue weighted by molar-refractivity contribution is 6.28. The fraction of sp³-hybridized carbons (Fsp3) is 0.0612. The molecule has 1 aliphatic rings. The maximum Gasteiger partial charge on any atom is 0.164 e. The predicted molar refractivity (Wildman–Crippen MR) is 219 cm³/mol. The highest BCUT2D eigenvalue weighted by atomic mass is 16.3. The van der Waals surface area contributed by atoms with E-state index < -0.39 is 0 Å². The minimum atomic E-state index is -0.0832. The molecule has 5 heteroatoms. The highest BCUT2D eigenvalue weighted by Gasteiger charge is 2.35. The third kappa shape index (κ3) is 4.58. The summed E-state index contributed by atoms with van der Waals surface area (Å²) in [5.74, 6) is 1.87. The van der Waals surface area contributed by atoms with E-state index in [4.69, 9.17) is 24.4 Å². The van der Waals surface area contributed by atoms with Crippen molar-refractivity contribution in [3.63, 3.8) is 0 Å². The predicted octanol–water partition coefficient (Wildman–Crippen LogP) is 12.4. The molecule has 1 aliphatic carbocycles. The zero-order valence-corrected chi connectivity index (χ0v) is 29.7. The van der Waals surface area contributed by atoms with Crippen molar-refractivity contribution in [3.8, 4) is 56.5 Å². The minimum Gasteiger partial charge on any atom is -0.456 e. The molecule has 0 spiro atoms. The monoisotopic (exact) mass is 692 g/mol. The summed E-state index contributed by atoms with van der Waals surface area (Å²) in [6, 6.07) is 54.7. The van der Waals surface area contributed by atoms with Gasteiger partial charge in [0.25, 0.3) is 0 Å². The lowest BCUT2D eigenvalue weighted by molar-refractivity contribution is 0.660. The van der Waals surface area contributed by atoms with E-state index in [0.29, 0.717) is 17.5 Å². The number of hydrogen-bond acceptors (Lipinski definition) is 5. The van der Waals surface area contributed by atoms with Crippen LogP contribution in [0.25, 0.3) is 100 Å². The van der Waals surface area contributed by atoms with Crippen LogP contribution in [-0.4, -0.2) is 19.9 Å². The van der Waals surface area contributed by atoms with Gasteiger partial charge in [0, 0.05) is 54.6 Å². The van der Waals surface area contributed by atoms with Gasteiger partial charge in [-0.15, -0.1) is 0 Å². The van der Waals surface area contributed by atoms with Gasteiger partial charge in [0.15, 0.2) is 17.5 Å². The molecule has 0 atom stereocenters. The molecule has 7 aromatic carbocycles. The number of benzene rings is 7. The second kappa shape index (κ2) is 11.5. The maximum atomic E-state index is 6.55. The maximum absolute atomic E-state index is 6.55. The van der Waals surface area contributed by atoms with Crippen LogP contribution in [0.15, 0.2) is 162 Å². The minimum absolute atomic E-state index is 0.0832. The van der Waals surface area contributed by atoms with Crippen molar-refractivity contribution in [3.05, 3.63) is 169 Å². The highest BCUT2D eigenvalue weighted by Crippen LogP contribution is 2.49. The van der Waals surface area contributed by atoms with Crippen molar-refractivity contribution >= 4 is 43.6 Å². The van der Waals surface area contributed by atoms with Gasteiger partial charge in [-0.1, -0.05) is 129 Å². The van der Waals surface area contributed by atoms with E-state index in [2.05, 4.69) is 123 Å². The van der Waals surface area contributed by atoms with E-state index in [-0.39, 0.29) is 5.41 Å². The van der Waals surface area contributed by atoms with E-state index >= 15 is 0 Å². The molecule has 254 valence electrons. The van der Waals surface area contributed by atoms with Crippen molar-refractivity contribution < 1.29 is 4.42 Å². The van der Waals surface area contributed by atoms with Gasteiger partial charge in [-0.05, 0) is 64.7 Å². The van der Waals surface area contributed by atoms with Gasteiger partial charge in [0.05, 0.1) is 11.2 Å². The smallest absolute Gasteiger partial charge is 0.164 e. The first-order chi connectivity index (χ1) is 26.5. The first-order valence-electron chi connectivity index (χ1n) is 18.3. The molecule has 0 bridgehead atoms. The summed E-state index contributed by atoms with van der Waals surface area (Å²) in [6.45, 7) is 4.60. The van der Waals surface area contributed by atoms with Crippen LogP contribution in [0.3, 0.4) is 0 Å². The number of aromatic nitrogens is 4. The number of fused-ring (bicyclic) bond motifs is 10. The molecule has 3 aromatic heterocycles. The van der Waals surface area contributed by atoms with Crippen LogP contribution in [0, 0.1) is 0 Å². The molecule has 3 heterocycles. The largest absolute Gasteiger partial charge is 0.456 e. The average molecular weight is 693 g/mol. The Morgan fingerprint density at radius 1 is 0.407 bits per heavy atom. The van der Waals surface area contributed by atoms with Gasteiger partial charge < -0.3 is 4.42 Å². The molecule has 0 unspecified atom stereocenters. The van der Waals surface area contributed by atoms with Crippen LogP contribution < -0.4 is 0 Å². The van der Waals surface area contributed by atoms with Gasteiger partial charge in [0.2, 0.25) is 0 Å². The van der Waals surface area contributed by atoms with Crippen molar-refractivity contribution in [2.45, 2.75) is 19.3 Å². The SMILES string of the molecule is CC1(C)c2ccccc2-c2cc(-c3nc(-c4ccccc4)nc(-c4ccc5oc6ccc7c(-c8ccccc8)nc8ccccc8c7c6c5c4)n3)ccc21. The summed E-state index contributed by atoms with van der Waals surface area (Å²) in [5, 5.41) is 5.34. The molecule has 0 saturated heterocycles. The molecular weight excluding hydrogens is 661 g/mol. The lowest BCUT2D eigenvalue weighted by Gasteiger charge is -2.21. The van der Waals surface area contributed by atoms with Crippen LogP contribution in [0.2, 0.25) is 0 Å². The summed E-state index contributed by atoms with van der Waals surface area (Å²) < 4.78 is 6.55. The van der Waals surface area contributed by atoms with Gasteiger partial charge in [-0.25, -0.2) is 19.9 Å². The van der Waals surface area contributed by atoms with E-state index in [1.165, 1.54) is 22.3 Å². The van der Waals surface area contributed by atoms with Gasteiger partial charge in [-0.3, -0.25) is 0 Å². The molecular formula is C49H32N4O. The van der Waals surface area contributed by atoms with Crippen molar-refractivity contribution in [2.75, 3.05) is 0 Å². The van der Waals surface area contributed by atoms with Crippen LogP contribution in [0.4, 0.5) is 0 Å². The molecule has 54 heavy (non-hydrogen) atoms. The molecule has 0 radical (unpaired) electrons. The summed E-state index contributed by atoms with van der Waals surface area (Å²) in [4.78, 5) is 20.6. The second-order valence-corrected chi connectivity index (χ2v) is 14.6. The summed E-state index contributed by atoms with van der Waals surface area (Å²) in [5.41, 5.74) is 12.4. The molecule has 10 aromatic rings. The number of nitrogens with zero attached hydrogens (tertiary/aromatic N) is 4. The van der Waals surface area contributed by atoms with Crippen LogP contribution in [0.5, 0.6) is 0 Å². The quantitative estimate of drug-likeness (QED) is 0.172. The van der Waals surface area contributed by atoms with Crippen molar-refractivity contribution in [1.29, 1.82) is 0 Å². The Labute approximate surface area is 311 Å². The molecule has 0 amide bonds.